The van der Waals surface area contributed by atoms with Crippen molar-refractivity contribution in [2.75, 3.05) is 0 Å². The fourth-order valence-corrected chi connectivity index (χ4v) is 1.22. The van der Waals surface area contributed by atoms with Gasteiger partial charge in [0, 0.05) is 5.92 Å². The van der Waals surface area contributed by atoms with Crippen LogP contribution in [-0.2, 0) is 0 Å². The average molecular weight is 163 g/mol. The van der Waals surface area contributed by atoms with Gasteiger partial charge in [-0.25, -0.2) is 4.98 Å². The SMILES string of the molecule is CC(C)c1nc(F)c(F)s1. The lowest BCUT2D eigenvalue weighted by atomic mass is 10.2. The molecule has 1 aromatic heterocycles. The van der Waals surface area contributed by atoms with E-state index in [9.17, 15) is 8.78 Å². The summed E-state index contributed by atoms with van der Waals surface area (Å²) in [4.78, 5) is 3.39. The van der Waals surface area contributed by atoms with E-state index in [0.29, 0.717) is 5.01 Å². The summed E-state index contributed by atoms with van der Waals surface area (Å²) in [7, 11) is 0. The average Bonchev–Trinajstić information content (AvgIpc) is 2.13. The maximum absolute atomic E-state index is 12.3. The highest BCUT2D eigenvalue weighted by atomic mass is 32.1. The molecule has 0 aromatic carbocycles. The van der Waals surface area contributed by atoms with Crippen molar-refractivity contribution in [1.82, 2.24) is 4.98 Å². The highest BCUT2D eigenvalue weighted by molar-refractivity contribution is 7.10. The van der Waals surface area contributed by atoms with Gasteiger partial charge in [-0.05, 0) is 0 Å². The number of hydrogen-bond acceptors (Lipinski definition) is 2. The molecular formula is C6H7F2NS. The molecule has 1 aromatic rings. The molecule has 1 rings (SSSR count). The zero-order valence-electron chi connectivity index (χ0n) is 5.69. The van der Waals surface area contributed by atoms with E-state index >= 15 is 0 Å². The molecule has 0 saturated heterocycles. The second kappa shape index (κ2) is 2.62. The van der Waals surface area contributed by atoms with Gasteiger partial charge in [-0.1, -0.05) is 25.2 Å². The van der Waals surface area contributed by atoms with Crippen molar-refractivity contribution >= 4 is 11.3 Å². The van der Waals surface area contributed by atoms with E-state index in [4.69, 9.17) is 0 Å². The van der Waals surface area contributed by atoms with Crippen LogP contribution in [0.1, 0.15) is 24.8 Å². The molecule has 0 atom stereocenters. The number of thiazole rings is 1. The second-order valence-electron chi connectivity index (χ2n) is 2.27. The maximum Gasteiger partial charge on any atom is 0.260 e. The van der Waals surface area contributed by atoms with Gasteiger partial charge < -0.3 is 0 Å². The molecule has 0 unspecified atom stereocenters. The summed E-state index contributed by atoms with van der Waals surface area (Å²) < 4.78 is 24.5. The molecular weight excluding hydrogens is 156 g/mol. The standard InChI is InChI=1S/C6H7F2NS/c1-3(2)6-9-4(7)5(8)10-6/h3H,1-2H3. The molecule has 0 N–H and O–H groups in total. The van der Waals surface area contributed by atoms with Gasteiger partial charge in [0.05, 0.1) is 0 Å². The van der Waals surface area contributed by atoms with Crippen molar-refractivity contribution in [2.45, 2.75) is 19.8 Å². The predicted molar refractivity (Wildman–Crippen MR) is 36.1 cm³/mol. The lowest BCUT2D eigenvalue weighted by Crippen LogP contribution is -1.84. The van der Waals surface area contributed by atoms with E-state index in [1.807, 2.05) is 13.8 Å². The molecule has 0 radical (unpaired) electrons. The van der Waals surface area contributed by atoms with Crippen molar-refractivity contribution < 1.29 is 8.78 Å². The Morgan fingerprint density at radius 2 is 2.00 bits per heavy atom. The Kier molecular flexibility index (Phi) is 1.99. The zero-order chi connectivity index (χ0) is 7.72. The molecule has 1 nitrogen and oxygen atoms in total. The van der Waals surface area contributed by atoms with Crippen molar-refractivity contribution in [3.8, 4) is 0 Å². The van der Waals surface area contributed by atoms with E-state index in [1.165, 1.54) is 0 Å². The summed E-state index contributed by atoms with van der Waals surface area (Å²) in [5.41, 5.74) is 0. The first kappa shape index (κ1) is 7.60. The van der Waals surface area contributed by atoms with E-state index < -0.39 is 11.1 Å². The Labute approximate surface area is 61.7 Å². The molecule has 0 saturated carbocycles. The quantitative estimate of drug-likeness (QED) is 0.620. The Bertz CT molecular complexity index is 212. The third kappa shape index (κ3) is 1.31. The van der Waals surface area contributed by atoms with Crippen LogP contribution in [-0.4, -0.2) is 4.98 Å². The lowest BCUT2D eigenvalue weighted by molar-refractivity contribution is 0.500. The second-order valence-corrected chi connectivity index (χ2v) is 3.25. The van der Waals surface area contributed by atoms with Gasteiger partial charge in [0.25, 0.3) is 5.95 Å². The molecule has 1 heterocycles. The first-order chi connectivity index (χ1) is 4.61. The molecule has 0 amide bonds. The van der Waals surface area contributed by atoms with Crippen LogP contribution < -0.4 is 0 Å². The van der Waals surface area contributed by atoms with Crippen LogP contribution in [0.5, 0.6) is 0 Å². The van der Waals surface area contributed by atoms with Crippen LogP contribution in [0.4, 0.5) is 8.78 Å². The van der Waals surface area contributed by atoms with E-state index in [1.54, 1.807) is 0 Å². The zero-order valence-corrected chi connectivity index (χ0v) is 6.51. The molecule has 0 spiro atoms. The van der Waals surface area contributed by atoms with Crippen molar-refractivity contribution in [3.63, 3.8) is 0 Å². The Hall–Kier alpha value is -0.510. The fourth-order valence-electron chi connectivity index (χ4n) is 0.544. The fraction of sp³-hybridized carbons (Fsp3) is 0.500. The first-order valence-corrected chi connectivity index (χ1v) is 3.74. The minimum Gasteiger partial charge on any atom is -0.210 e. The van der Waals surface area contributed by atoms with Crippen LogP contribution in [0.15, 0.2) is 0 Å². The predicted octanol–water partition coefficient (Wildman–Crippen LogP) is 2.54. The third-order valence-corrected chi connectivity index (χ3v) is 2.18. The molecule has 0 bridgehead atoms. The van der Waals surface area contributed by atoms with Crippen LogP contribution in [0.2, 0.25) is 0 Å². The molecule has 0 aliphatic rings. The number of nitrogens with zero attached hydrogens (tertiary/aromatic N) is 1. The topological polar surface area (TPSA) is 12.9 Å². The summed E-state index contributed by atoms with van der Waals surface area (Å²) in [6.07, 6.45) is 0. The summed E-state index contributed by atoms with van der Waals surface area (Å²) in [5, 5.41) is -0.307. The monoisotopic (exact) mass is 163 g/mol. The van der Waals surface area contributed by atoms with Gasteiger partial charge in [0.15, 0.2) is 0 Å². The highest BCUT2D eigenvalue weighted by Gasteiger charge is 2.11. The molecule has 10 heavy (non-hydrogen) atoms. The van der Waals surface area contributed by atoms with Gasteiger partial charge >= 0.3 is 0 Å². The first-order valence-electron chi connectivity index (χ1n) is 2.93. The molecule has 4 heteroatoms. The van der Waals surface area contributed by atoms with Crippen LogP contribution >= 0.6 is 11.3 Å². The maximum atomic E-state index is 12.3. The molecule has 0 aliphatic heterocycles. The Balaban J connectivity index is 2.98. The van der Waals surface area contributed by atoms with Crippen LogP contribution in [0, 0.1) is 11.1 Å². The van der Waals surface area contributed by atoms with Crippen molar-refractivity contribution in [1.29, 1.82) is 0 Å². The highest BCUT2D eigenvalue weighted by Crippen LogP contribution is 2.21. The van der Waals surface area contributed by atoms with E-state index in [2.05, 4.69) is 4.98 Å². The minimum absolute atomic E-state index is 0.101. The van der Waals surface area contributed by atoms with Crippen molar-refractivity contribution in [3.05, 3.63) is 16.1 Å². The van der Waals surface area contributed by atoms with Gasteiger partial charge in [0.1, 0.15) is 5.01 Å². The number of hydrogen-bond donors (Lipinski definition) is 0. The smallest absolute Gasteiger partial charge is 0.210 e. The summed E-state index contributed by atoms with van der Waals surface area (Å²) in [6, 6.07) is 0. The largest absolute Gasteiger partial charge is 0.260 e. The van der Waals surface area contributed by atoms with Gasteiger partial charge in [-0.15, -0.1) is 0 Å². The molecule has 56 valence electrons. The minimum atomic E-state index is -0.978. The van der Waals surface area contributed by atoms with E-state index in [-0.39, 0.29) is 5.92 Å². The number of aromatic nitrogens is 1. The molecule has 0 fully saturated rings. The summed E-state index contributed by atoms with van der Waals surface area (Å²) >= 11 is 0.770. The normalized spacial score (nSPS) is 10.9. The Morgan fingerprint density at radius 3 is 2.20 bits per heavy atom. The van der Waals surface area contributed by atoms with Gasteiger partial charge in [-0.2, -0.15) is 8.78 Å². The van der Waals surface area contributed by atoms with Crippen molar-refractivity contribution in [2.24, 2.45) is 0 Å². The molecule has 0 aliphatic carbocycles. The summed E-state index contributed by atoms with van der Waals surface area (Å²) in [6.45, 7) is 3.69. The van der Waals surface area contributed by atoms with E-state index in [0.717, 1.165) is 11.3 Å². The third-order valence-electron chi connectivity index (χ3n) is 1.06. The lowest BCUT2D eigenvalue weighted by Gasteiger charge is -1.93. The Morgan fingerprint density at radius 1 is 1.40 bits per heavy atom. The number of halogens is 2. The number of rotatable bonds is 1. The summed E-state index contributed by atoms with van der Waals surface area (Å²) in [5.74, 6) is -0.877. The van der Waals surface area contributed by atoms with Gasteiger partial charge in [0.2, 0.25) is 5.13 Å². The van der Waals surface area contributed by atoms with Crippen LogP contribution in [0.3, 0.4) is 0 Å². The van der Waals surface area contributed by atoms with Crippen LogP contribution in [0.25, 0.3) is 0 Å². The van der Waals surface area contributed by atoms with Gasteiger partial charge in [-0.3, -0.25) is 0 Å².